The fourth-order valence-corrected chi connectivity index (χ4v) is 3.38. The van der Waals surface area contributed by atoms with Gasteiger partial charge in [0, 0.05) is 34.5 Å². The number of carboxylic acid groups (broad SMARTS) is 1. The zero-order valence-electron chi connectivity index (χ0n) is 13.3. The van der Waals surface area contributed by atoms with Gasteiger partial charge in [0.2, 0.25) is 0 Å². The van der Waals surface area contributed by atoms with Crippen molar-refractivity contribution in [2.45, 2.75) is 19.4 Å². The quantitative estimate of drug-likeness (QED) is 0.585. The smallest absolute Gasteiger partial charge is 0.300 e. The van der Waals surface area contributed by atoms with E-state index >= 15 is 0 Å². The Bertz CT molecular complexity index is 851. The van der Waals surface area contributed by atoms with Crippen molar-refractivity contribution >= 4 is 32.8 Å². The summed E-state index contributed by atoms with van der Waals surface area (Å²) >= 11 is 3.50. The molecule has 0 saturated carbocycles. The molecule has 0 radical (unpaired) electrons. The Balaban J connectivity index is 0.000000383. The molecule has 1 aliphatic rings. The Morgan fingerprint density at radius 2 is 1.83 bits per heavy atom. The molecule has 2 heterocycles. The molecule has 1 aliphatic heterocycles. The van der Waals surface area contributed by atoms with Crippen molar-refractivity contribution in [1.29, 1.82) is 0 Å². The van der Waals surface area contributed by atoms with Crippen molar-refractivity contribution in [2.24, 2.45) is 0 Å². The van der Waals surface area contributed by atoms with Crippen molar-refractivity contribution in [1.82, 2.24) is 10.3 Å². The van der Waals surface area contributed by atoms with Gasteiger partial charge in [-0.1, -0.05) is 46.3 Å². The van der Waals surface area contributed by atoms with Crippen LogP contribution >= 0.6 is 15.9 Å². The molecule has 0 bridgehead atoms. The first kappa shape index (κ1) is 16.7. The number of para-hydroxylation sites is 1. The number of benzene rings is 2. The lowest BCUT2D eigenvalue weighted by molar-refractivity contribution is -0.134. The summed E-state index contributed by atoms with van der Waals surface area (Å²) in [4.78, 5) is 12.6. The van der Waals surface area contributed by atoms with Crippen LogP contribution in [0.25, 0.3) is 10.9 Å². The molecule has 4 rings (SSSR count). The van der Waals surface area contributed by atoms with Gasteiger partial charge in [-0.25, -0.2) is 0 Å². The highest BCUT2D eigenvalue weighted by molar-refractivity contribution is 9.10. The molecule has 0 amide bonds. The summed E-state index contributed by atoms with van der Waals surface area (Å²) in [7, 11) is 0. The zero-order valence-corrected chi connectivity index (χ0v) is 14.9. The number of carbonyl (C=O) groups is 1. The van der Waals surface area contributed by atoms with E-state index in [2.05, 4.69) is 74.8 Å². The van der Waals surface area contributed by atoms with E-state index in [9.17, 15) is 0 Å². The lowest BCUT2D eigenvalue weighted by Gasteiger charge is -2.24. The molecule has 0 fully saturated rings. The number of aliphatic carboxylic acids is 1. The maximum absolute atomic E-state index is 9.00. The van der Waals surface area contributed by atoms with Crippen LogP contribution in [-0.4, -0.2) is 22.6 Å². The lowest BCUT2D eigenvalue weighted by atomic mass is 9.94. The molecular weight excluding hydrogens is 368 g/mol. The molecule has 0 saturated heterocycles. The number of hydrogen-bond acceptors (Lipinski definition) is 2. The van der Waals surface area contributed by atoms with Gasteiger partial charge in [-0.2, -0.15) is 0 Å². The highest BCUT2D eigenvalue weighted by atomic mass is 79.9. The Kier molecular flexibility index (Phi) is 5.02. The van der Waals surface area contributed by atoms with E-state index in [1.54, 1.807) is 0 Å². The summed E-state index contributed by atoms with van der Waals surface area (Å²) in [6.07, 6.45) is 1.09. The van der Waals surface area contributed by atoms with E-state index in [1.165, 1.54) is 27.7 Å². The summed E-state index contributed by atoms with van der Waals surface area (Å²) in [5, 5.41) is 12.4. The first-order valence-electron chi connectivity index (χ1n) is 7.84. The first-order chi connectivity index (χ1) is 11.6. The summed E-state index contributed by atoms with van der Waals surface area (Å²) in [5.74, 6) is -0.833. The van der Waals surface area contributed by atoms with Crippen molar-refractivity contribution in [3.05, 3.63) is 69.8 Å². The number of carboxylic acids is 1. The average molecular weight is 387 g/mol. The fourth-order valence-electron chi connectivity index (χ4n) is 3.12. The topological polar surface area (TPSA) is 65.1 Å². The Hall–Kier alpha value is -2.11. The molecule has 4 nitrogen and oxygen atoms in total. The minimum Gasteiger partial charge on any atom is -0.481 e. The van der Waals surface area contributed by atoms with E-state index in [-0.39, 0.29) is 6.04 Å². The highest BCUT2D eigenvalue weighted by Gasteiger charge is 2.24. The summed E-state index contributed by atoms with van der Waals surface area (Å²) in [6, 6.07) is 17.4. The second kappa shape index (κ2) is 7.20. The van der Waals surface area contributed by atoms with Crippen LogP contribution in [-0.2, 0) is 11.2 Å². The van der Waals surface area contributed by atoms with Gasteiger partial charge in [-0.15, -0.1) is 0 Å². The van der Waals surface area contributed by atoms with E-state index in [4.69, 9.17) is 9.90 Å². The van der Waals surface area contributed by atoms with Crippen molar-refractivity contribution in [2.75, 3.05) is 6.54 Å². The minimum absolute atomic E-state index is 0.263. The molecule has 1 aromatic heterocycles. The highest BCUT2D eigenvalue weighted by Crippen LogP contribution is 2.33. The van der Waals surface area contributed by atoms with Crippen LogP contribution in [0.15, 0.2) is 53.0 Å². The third-order valence-corrected chi connectivity index (χ3v) is 4.59. The number of H-pyrrole nitrogens is 1. The Morgan fingerprint density at radius 3 is 2.54 bits per heavy atom. The molecule has 24 heavy (non-hydrogen) atoms. The molecule has 0 spiro atoms. The molecule has 3 N–H and O–H groups in total. The van der Waals surface area contributed by atoms with Gasteiger partial charge >= 0.3 is 0 Å². The largest absolute Gasteiger partial charge is 0.481 e. The monoisotopic (exact) mass is 386 g/mol. The zero-order chi connectivity index (χ0) is 17.1. The Labute approximate surface area is 149 Å². The molecule has 2 aromatic carbocycles. The van der Waals surface area contributed by atoms with E-state index in [0.717, 1.165) is 24.4 Å². The third-order valence-electron chi connectivity index (χ3n) is 4.06. The van der Waals surface area contributed by atoms with Crippen molar-refractivity contribution in [3.8, 4) is 0 Å². The summed E-state index contributed by atoms with van der Waals surface area (Å²) in [6.45, 7) is 2.11. The van der Waals surface area contributed by atoms with Crippen LogP contribution in [0.1, 0.15) is 29.8 Å². The van der Waals surface area contributed by atoms with Gasteiger partial charge in [0.15, 0.2) is 0 Å². The standard InChI is InChI=1S/C17H15BrN2.C2H4O2/c18-12-7-5-11(6-8-12)16-17-14(9-10-19-16)13-3-1-2-4-15(13)20-17;1-2(3)4/h1-8,16,19-20H,9-10H2;1H3,(H,3,4). The van der Waals surface area contributed by atoms with Gasteiger partial charge < -0.3 is 15.4 Å². The van der Waals surface area contributed by atoms with Crippen LogP contribution < -0.4 is 5.32 Å². The molecule has 5 heteroatoms. The van der Waals surface area contributed by atoms with Crippen LogP contribution in [0.4, 0.5) is 0 Å². The molecular formula is C19H19BrN2O2. The number of hydrogen-bond donors (Lipinski definition) is 3. The van der Waals surface area contributed by atoms with Gasteiger partial charge in [0.1, 0.15) is 0 Å². The molecule has 1 atom stereocenters. The van der Waals surface area contributed by atoms with Crippen molar-refractivity contribution < 1.29 is 9.90 Å². The minimum atomic E-state index is -0.833. The maximum Gasteiger partial charge on any atom is 0.300 e. The number of rotatable bonds is 1. The molecule has 1 unspecified atom stereocenters. The second-order valence-corrected chi connectivity index (χ2v) is 6.69. The van der Waals surface area contributed by atoms with E-state index < -0.39 is 5.97 Å². The van der Waals surface area contributed by atoms with E-state index in [1.807, 2.05) is 0 Å². The van der Waals surface area contributed by atoms with Crippen LogP contribution in [0.5, 0.6) is 0 Å². The normalized spacial score (nSPS) is 16.2. The lowest BCUT2D eigenvalue weighted by Crippen LogP contribution is -2.30. The second-order valence-electron chi connectivity index (χ2n) is 5.77. The van der Waals surface area contributed by atoms with Crippen LogP contribution in [0, 0.1) is 0 Å². The van der Waals surface area contributed by atoms with Crippen molar-refractivity contribution in [3.63, 3.8) is 0 Å². The molecule has 124 valence electrons. The summed E-state index contributed by atoms with van der Waals surface area (Å²) < 4.78 is 1.12. The number of nitrogens with one attached hydrogen (secondary N) is 2. The first-order valence-corrected chi connectivity index (χ1v) is 8.63. The van der Waals surface area contributed by atoms with Gasteiger partial charge in [-0.05, 0) is 35.7 Å². The molecule has 3 aromatic rings. The summed E-state index contributed by atoms with van der Waals surface area (Å²) in [5.41, 5.74) is 5.33. The predicted molar refractivity (Wildman–Crippen MR) is 99.3 cm³/mol. The number of aromatic amines is 1. The van der Waals surface area contributed by atoms with Crippen LogP contribution in [0.2, 0.25) is 0 Å². The van der Waals surface area contributed by atoms with Gasteiger partial charge in [-0.3, -0.25) is 4.79 Å². The van der Waals surface area contributed by atoms with E-state index in [0.29, 0.717) is 0 Å². The third kappa shape index (κ3) is 3.52. The predicted octanol–water partition coefficient (Wildman–Crippen LogP) is 4.26. The number of aromatic nitrogens is 1. The van der Waals surface area contributed by atoms with Crippen LogP contribution in [0.3, 0.4) is 0 Å². The van der Waals surface area contributed by atoms with Gasteiger partial charge in [0.05, 0.1) is 6.04 Å². The maximum atomic E-state index is 9.00. The SMILES string of the molecule is Brc1ccc(C2NCCc3c2[nH]c2ccccc32)cc1.CC(=O)O. The number of fused-ring (bicyclic) bond motifs is 3. The number of halogens is 1. The Morgan fingerprint density at radius 1 is 1.17 bits per heavy atom. The molecule has 0 aliphatic carbocycles. The average Bonchev–Trinajstić information content (AvgIpc) is 2.94. The fraction of sp³-hybridized carbons (Fsp3) is 0.211. The van der Waals surface area contributed by atoms with Gasteiger partial charge in [0.25, 0.3) is 5.97 Å².